The van der Waals surface area contributed by atoms with Crippen LogP contribution in [-0.2, 0) is 0 Å². The highest BCUT2D eigenvalue weighted by Crippen LogP contribution is 2.32. The standard InChI is InChI=1S/C14H18N2/c1-9-7-11(15)3-5-13(9)14-6-4-12(16)8-10(14)2/h3,5,7-8H,4,6,15-16H2,1-2H3. The summed E-state index contributed by atoms with van der Waals surface area (Å²) in [5.74, 6) is 0. The summed E-state index contributed by atoms with van der Waals surface area (Å²) in [5.41, 5.74) is 18.6. The number of anilines is 1. The Morgan fingerprint density at radius 2 is 1.81 bits per heavy atom. The van der Waals surface area contributed by atoms with Crippen LogP contribution < -0.4 is 11.5 Å². The number of nitrogen functional groups attached to an aromatic ring is 1. The molecule has 2 nitrogen and oxygen atoms in total. The van der Waals surface area contributed by atoms with Crippen LogP contribution in [0.4, 0.5) is 5.69 Å². The van der Waals surface area contributed by atoms with E-state index in [1.54, 1.807) is 0 Å². The summed E-state index contributed by atoms with van der Waals surface area (Å²) < 4.78 is 0. The molecule has 1 aromatic rings. The van der Waals surface area contributed by atoms with Crippen molar-refractivity contribution >= 4 is 11.3 Å². The van der Waals surface area contributed by atoms with Crippen LogP contribution in [0.25, 0.3) is 5.57 Å². The second-order valence-electron chi connectivity index (χ2n) is 4.46. The first-order chi connectivity index (χ1) is 7.58. The zero-order chi connectivity index (χ0) is 11.7. The van der Waals surface area contributed by atoms with Gasteiger partial charge in [-0.15, -0.1) is 0 Å². The summed E-state index contributed by atoms with van der Waals surface area (Å²) in [5, 5.41) is 0. The Morgan fingerprint density at radius 1 is 1.06 bits per heavy atom. The fourth-order valence-electron chi connectivity index (χ4n) is 2.28. The first kappa shape index (κ1) is 10.8. The summed E-state index contributed by atoms with van der Waals surface area (Å²) in [6.45, 7) is 4.23. The molecule has 0 fully saturated rings. The van der Waals surface area contributed by atoms with Gasteiger partial charge in [0.15, 0.2) is 0 Å². The molecule has 0 heterocycles. The van der Waals surface area contributed by atoms with E-state index in [0.717, 1.165) is 24.2 Å². The highest BCUT2D eigenvalue weighted by molar-refractivity contribution is 5.75. The number of benzene rings is 1. The van der Waals surface area contributed by atoms with Crippen molar-refractivity contribution in [2.75, 3.05) is 5.73 Å². The first-order valence-corrected chi connectivity index (χ1v) is 5.60. The van der Waals surface area contributed by atoms with E-state index in [2.05, 4.69) is 26.0 Å². The Bertz CT molecular complexity index is 482. The van der Waals surface area contributed by atoms with Crippen molar-refractivity contribution in [3.63, 3.8) is 0 Å². The average molecular weight is 214 g/mol. The topological polar surface area (TPSA) is 52.0 Å². The van der Waals surface area contributed by atoms with Crippen molar-refractivity contribution in [3.8, 4) is 0 Å². The molecule has 0 bridgehead atoms. The van der Waals surface area contributed by atoms with Gasteiger partial charge >= 0.3 is 0 Å². The summed E-state index contributed by atoms with van der Waals surface area (Å²) in [6, 6.07) is 6.10. The molecular formula is C14H18N2. The zero-order valence-electron chi connectivity index (χ0n) is 9.88. The van der Waals surface area contributed by atoms with Gasteiger partial charge in [0.1, 0.15) is 0 Å². The number of hydrogen-bond donors (Lipinski definition) is 2. The van der Waals surface area contributed by atoms with Crippen molar-refractivity contribution in [2.45, 2.75) is 26.7 Å². The summed E-state index contributed by atoms with van der Waals surface area (Å²) in [7, 11) is 0. The van der Waals surface area contributed by atoms with Crippen LogP contribution in [-0.4, -0.2) is 0 Å². The Labute approximate surface area is 96.6 Å². The molecule has 0 amide bonds. The van der Waals surface area contributed by atoms with Gasteiger partial charge in [0.25, 0.3) is 0 Å². The van der Waals surface area contributed by atoms with Crippen LogP contribution in [0, 0.1) is 6.92 Å². The van der Waals surface area contributed by atoms with E-state index in [4.69, 9.17) is 11.5 Å². The lowest BCUT2D eigenvalue weighted by Crippen LogP contribution is -2.05. The molecule has 1 aliphatic rings. The molecule has 4 N–H and O–H groups in total. The maximum atomic E-state index is 5.83. The largest absolute Gasteiger partial charge is 0.402 e. The van der Waals surface area contributed by atoms with Crippen molar-refractivity contribution in [1.29, 1.82) is 0 Å². The molecule has 0 unspecified atom stereocenters. The zero-order valence-corrected chi connectivity index (χ0v) is 9.88. The first-order valence-electron chi connectivity index (χ1n) is 5.60. The van der Waals surface area contributed by atoms with E-state index < -0.39 is 0 Å². The lowest BCUT2D eigenvalue weighted by molar-refractivity contribution is 0.943. The van der Waals surface area contributed by atoms with Crippen LogP contribution in [0.15, 0.2) is 35.5 Å². The molecule has 0 saturated carbocycles. The molecule has 0 aromatic heterocycles. The van der Waals surface area contributed by atoms with Gasteiger partial charge in [-0.1, -0.05) is 6.07 Å². The van der Waals surface area contributed by atoms with Crippen LogP contribution >= 0.6 is 0 Å². The monoisotopic (exact) mass is 214 g/mol. The SMILES string of the molecule is CC1=C(c2ccc(N)cc2C)CCC(N)=C1. The molecule has 0 spiro atoms. The van der Waals surface area contributed by atoms with Crippen molar-refractivity contribution in [1.82, 2.24) is 0 Å². The lowest BCUT2D eigenvalue weighted by Gasteiger charge is -2.18. The van der Waals surface area contributed by atoms with E-state index in [-0.39, 0.29) is 0 Å². The maximum Gasteiger partial charge on any atom is 0.0317 e. The fraction of sp³-hybridized carbons (Fsp3) is 0.286. The minimum atomic E-state index is 0.824. The van der Waals surface area contributed by atoms with E-state index in [0.29, 0.717) is 0 Å². The number of rotatable bonds is 1. The molecule has 1 aromatic carbocycles. The van der Waals surface area contributed by atoms with Gasteiger partial charge < -0.3 is 11.5 Å². The third-order valence-electron chi connectivity index (χ3n) is 3.12. The molecule has 2 heteroatoms. The van der Waals surface area contributed by atoms with Crippen LogP contribution in [0.1, 0.15) is 30.9 Å². The Balaban J connectivity index is 2.49. The quantitative estimate of drug-likeness (QED) is 0.706. The van der Waals surface area contributed by atoms with Crippen molar-refractivity contribution in [2.24, 2.45) is 5.73 Å². The third kappa shape index (κ3) is 1.96. The van der Waals surface area contributed by atoms with E-state index in [9.17, 15) is 0 Å². The number of hydrogen-bond acceptors (Lipinski definition) is 2. The summed E-state index contributed by atoms with van der Waals surface area (Å²) in [6.07, 6.45) is 4.06. The van der Waals surface area contributed by atoms with Gasteiger partial charge in [-0.05, 0) is 67.2 Å². The predicted octanol–water partition coefficient (Wildman–Crippen LogP) is 2.99. The second-order valence-corrected chi connectivity index (χ2v) is 4.46. The molecule has 2 rings (SSSR count). The normalized spacial score (nSPS) is 16.2. The predicted molar refractivity (Wildman–Crippen MR) is 69.7 cm³/mol. The van der Waals surface area contributed by atoms with Crippen LogP contribution in [0.3, 0.4) is 0 Å². The minimum absolute atomic E-state index is 0.824. The van der Waals surface area contributed by atoms with Gasteiger partial charge in [-0.25, -0.2) is 0 Å². The van der Waals surface area contributed by atoms with Gasteiger partial charge in [0, 0.05) is 11.4 Å². The maximum absolute atomic E-state index is 5.83. The van der Waals surface area contributed by atoms with Crippen molar-refractivity contribution in [3.05, 3.63) is 46.7 Å². The molecular weight excluding hydrogens is 196 g/mol. The Kier molecular flexibility index (Phi) is 2.73. The molecule has 0 saturated heterocycles. The molecule has 0 aliphatic heterocycles. The third-order valence-corrected chi connectivity index (χ3v) is 3.12. The minimum Gasteiger partial charge on any atom is -0.402 e. The lowest BCUT2D eigenvalue weighted by atomic mass is 9.89. The van der Waals surface area contributed by atoms with Crippen molar-refractivity contribution < 1.29 is 0 Å². The fourth-order valence-corrected chi connectivity index (χ4v) is 2.28. The highest BCUT2D eigenvalue weighted by atomic mass is 14.6. The Hall–Kier alpha value is -1.70. The Morgan fingerprint density at radius 3 is 2.44 bits per heavy atom. The van der Waals surface area contributed by atoms with Gasteiger partial charge in [-0.2, -0.15) is 0 Å². The van der Waals surface area contributed by atoms with Crippen LogP contribution in [0.2, 0.25) is 0 Å². The molecule has 0 radical (unpaired) electrons. The molecule has 1 aliphatic carbocycles. The number of aryl methyl sites for hydroxylation is 1. The summed E-state index contributed by atoms with van der Waals surface area (Å²) in [4.78, 5) is 0. The van der Waals surface area contributed by atoms with Gasteiger partial charge in [0.05, 0.1) is 0 Å². The number of nitrogens with two attached hydrogens (primary N) is 2. The molecule has 16 heavy (non-hydrogen) atoms. The molecule has 0 atom stereocenters. The number of allylic oxidation sites excluding steroid dienone is 4. The second kappa shape index (κ2) is 4.05. The van der Waals surface area contributed by atoms with E-state index >= 15 is 0 Å². The van der Waals surface area contributed by atoms with E-state index in [1.165, 1.54) is 22.3 Å². The average Bonchev–Trinajstić information content (AvgIpc) is 2.19. The summed E-state index contributed by atoms with van der Waals surface area (Å²) >= 11 is 0. The van der Waals surface area contributed by atoms with Gasteiger partial charge in [-0.3, -0.25) is 0 Å². The molecule has 84 valence electrons. The van der Waals surface area contributed by atoms with E-state index in [1.807, 2.05) is 12.1 Å². The smallest absolute Gasteiger partial charge is 0.0317 e. The highest BCUT2D eigenvalue weighted by Gasteiger charge is 2.12. The van der Waals surface area contributed by atoms with Gasteiger partial charge in [0.2, 0.25) is 0 Å². The van der Waals surface area contributed by atoms with Crippen LogP contribution in [0.5, 0.6) is 0 Å².